The first-order chi connectivity index (χ1) is 8.80. The summed E-state index contributed by atoms with van der Waals surface area (Å²) in [5.41, 5.74) is 0. The van der Waals surface area contributed by atoms with Crippen LogP contribution >= 0.6 is 0 Å². The minimum Gasteiger partial charge on any atom is -0.391 e. The molecule has 0 aromatic heterocycles. The molecule has 0 aliphatic heterocycles. The van der Waals surface area contributed by atoms with Gasteiger partial charge in [0.15, 0.2) is 0 Å². The van der Waals surface area contributed by atoms with Crippen LogP contribution in [0.5, 0.6) is 0 Å². The van der Waals surface area contributed by atoms with Crippen molar-refractivity contribution in [2.24, 2.45) is 5.92 Å². The Labute approximate surface area is 112 Å². The number of aliphatic hydroxyl groups is 1. The molecule has 2 rings (SSSR count). The Kier molecular flexibility index (Phi) is 4.47. The van der Waals surface area contributed by atoms with Gasteiger partial charge in [-0.3, -0.25) is 0 Å². The Morgan fingerprint density at radius 1 is 1.16 bits per heavy atom. The summed E-state index contributed by atoms with van der Waals surface area (Å²) >= 11 is 0. The molecule has 2 aliphatic rings. The summed E-state index contributed by atoms with van der Waals surface area (Å²) in [5, 5.41) is 9.72. The van der Waals surface area contributed by atoms with E-state index in [1.54, 1.807) is 0 Å². The number of aliphatic hydroxyl groups excluding tert-OH is 1. The smallest absolute Gasteiger partial charge is 0.251 e. The fourth-order valence-electron chi connectivity index (χ4n) is 3.00. The lowest BCUT2D eigenvalue weighted by Crippen LogP contribution is -2.47. The molecule has 0 bridgehead atoms. The summed E-state index contributed by atoms with van der Waals surface area (Å²) in [6.07, 6.45) is 2.56. The number of hydrogen-bond donors (Lipinski definition) is 2. The number of sulfonamides is 1. The lowest BCUT2D eigenvalue weighted by atomic mass is 9.93. The number of rotatable bonds is 4. The topological polar surface area (TPSA) is 66.4 Å². The van der Waals surface area contributed by atoms with Crippen LogP contribution in [0.3, 0.4) is 0 Å². The maximum atomic E-state index is 13.5. The van der Waals surface area contributed by atoms with Crippen molar-refractivity contribution in [3.8, 4) is 0 Å². The molecule has 0 aromatic carbocycles. The van der Waals surface area contributed by atoms with E-state index in [0.29, 0.717) is 19.3 Å². The molecular weight excluding hydrogens is 276 g/mol. The van der Waals surface area contributed by atoms with Crippen LogP contribution in [0.1, 0.15) is 44.9 Å². The lowest BCUT2D eigenvalue weighted by Gasteiger charge is -2.29. The third kappa shape index (κ3) is 3.86. The molecule has 2 fully saturated rings. The molecule has 0 amide bonds. The zero-order valence-corrected chi connectivity index (χ0v) is 11.6. The van der Waals surface area contributed by atoms with Crippen LogP contribution in [-0.2, 0) is 10.0 Å². The van der Waals surface area contributed by atoms with Gasteiger partial charge in [0.2, 0.25) is 10.0 Å². The van der Waals surface area contributed by atoms with Gasteiger partial charge in [-0.15, -0.1) is 0 Å². The monoisotopic (exact) mass is 297 g/mol. The number of alkyl halides is 2. The van der Waals surface area contributed by atoms with E-state index in [4.69, 9.17) is 0 Å². The van der Waals surface area contributed by atoms with Crippen molar-refractivity contribution >= 4 is 10.0 Å². The molecule has 4 nitrogen and oxygen atoms in total. The van der Waals surface area contributed by atoms with E-state index >= 15 is 0 Å². The molecule has 19 heavy (non-hydrogen) atoms. The predicted molar refractivity (Wildman–Crippen MR) is 67.5 cm³/mol. The van der Waals surface area contributed by atoms with E-state index in [9.17, 15) is 22.3 Å². The van der Waals surface area contributed by atoms with Crippen LogP contribution in [0.25, 0.3) is 0 Å². The molecule has 2 aliphatic carbocycles. The van der Waals surface area contributed by atoms with Gasteiger partial charge in [-0.2, -0.15) is 0 Å². The molecule has 0 spiro atoms. The first-order valence-electron chi connectivity index (χ1n) is 6.86. The zero-order valence-electron chi connectivity index (χ0n) is 10.8. The Morgan fingerprint density at radius 2 is 1.84 bits per heavy atom. The van der Waals surface area contributed by atoms with Crippen molar-refractivity contribution in [3.63, 3.8) is 0 Å². The highest BCUT2D eigenvalue weighted by Crippen LogP contribution is 2.40. The van der Waals surface area contributed by atoms with Crippen LogP contribution in [0.15, 0.2) is 0 Å². The molecule has 2 saturated carbocycles. The second-order valence-electron chi connectivity index (χ2n) is 5.71. The zero-order chi connectivity index (χ0) is 14.1. The van der Waals surface area contributed by atoms with Gasteiger partial charge in [0, 0.05) is 18.4 Å². The minimum atomic E-state index is -3.76. The van der Waals surface area contributed by atoms with Gasteiger partial charge in [0.1, 0.15) is 0 Å². The van der Waals surface area contributed by atoms with Crippen molar-refractivity contribution in [3.05, 3.63) is 0 Å². The molecule has 7 heteroatoms. The Bertz CT molecular complexity index is 413. The van der Waals surface area contributed by atoms with E-state index in [2.05, 4.69) is 4.72 Å². The van der Waals surface area contributed by atoms with Crippen molar-refractivity contribution in [2.45, 2.75) is 63.0 Å². The molecule has 0 radical (unpaired) electrons. The van der Waals surface area contributed by atoms with E-state index in [1.807, 2.05) is 0 Å². The van der Waals surface area contributed by atoms with Crippen molar-refractivity contribution in [1.29, 1.82) is 0 Å². The molecular formula is C12H21F2NO3S. The number of halogens is 2. The lowest BCUT2D eigenvalue weighted by molar-refractivity contribution is -0.0289. The maximum absolute atomic E-state index is 13.5. The normalized spacial score (nSPS) is 35.4. The summed E-state index contributed by atoms with van der Waals surface area (Å²) in [4.78, 5) is 0. The van der Waals surface area contributed by atoms with Gasteiger partial charge in [0.25, 0.3) is 5.92 Å². The van der Waals surface area contributed by atoms with Gasteiger partial charge in [-0.25, -0.2) is 21.9 Å². The molecule has 112 valence electrons. The number of nitrogens with one attached hydrogen (secondary N) is 1. The summed E-state index contributed by atoms with van der Waals surface area (Å²) < 4.78 is 53.2. The van der Waals surface area contributed by atoms with Gasteiger partial charge >= 0.3 is 0 Å². The Hall–Kier alpha value is -0.270. The first-order valence-corrected chi connectivity index (χ1v) is 8.51. The van der Waals surface area contributed by atoms with E-state index in [0.717, 1.165) is 12.8 Å². The fraction of sp³-hybridized carbons (Fsp3) is 1.00. The summed E-state index contributed by atoms with van der Waals surface area (Å²) in [6.45, 7) is 0. The third-order valence-electron chi connectivity index (χ3n) is 4.14. The predicted octanol–water partition coefficient (Wildman–Crippen LogP) is 1.64. The Balaban J connectivity index is 1.95. The molecule has 2 N–H and O–H groups in total. The standard InChI is InChI=1S/C12H21F2NO3S/c13-12(14)7-3-4-9(12)8-19(17,18)15-10-5-1-2-6-11(10)16/h9-11,15-16H,1-8H2/t9?,10-,11-/m1/s1. The van der Waals surface area contributed by atoms with Crippen LogP contribution in [0, 0.1) is 5.92 Å². The average Bonchev–Trinajstić information content (AvgIpc) is 2.61. The van der Waals surface area contributed by atoms with Crippen molar-refractivity contribution in [1.82, 2.24) is 4.72 Å². The van der Waals surface area contributed by atoms with Gasteiger partial charge in [-0.1, -0.05) is 12.8 Å². The second-order valence-corrected chi connectivity index (χ2v) is 7.51. The largest absolute Gasteiger partial charge is 0.391 e. The fourth-order valence-corrected chi connectivity index (χ4v) is 4.77. The highest BCUT2D eigenvalue weighted by molar-refractivity contribution is 7.89. The Morgan fingerprint density at radius 3 is 2.42 bits per heavy atom. The van der Waals surface area contributed by atoms with Crippen molar-refractivity contribution < 1.29 is 22.3 Å². The molecule has 0 saturated heterocycles. The van der Waals surface area contributed by atoms with Gasteiger partial charge < -0.3 is 5.11 Å². The molecule has 3 atom stereocenters. The first kappa shape index (κ1) is 15.1. The van der Waals surface area contributed by atoms with Crippen LogP contribution in [0.4, 0.5) is 8.78 Å². The maximum Gasteiger partial charge on any atom is 0.251 e. The summed E-state index contributed by atoms with van der Waals surface area (Å²) in [5.74, 6) is -4.51. The van der Waals surface area contributed by atoms with Crippen molar-refractivity contribution in [2.75, 3.05) is 5.75 Å². The average molecular weight is 297 g/mol. The van der Waals surface area contributed by atoms with E-state index < -0.39 is 39.8 Å². The van der Waals surface area contributed by atoms with Crippen LogP contribution in [0.2, 0.25) is 0 Å². The van der Waals surface area contributed by atoms with Gasteiger partial charge in [0.05, 0.1) is 11.9 Å². The van der Waals surface area contributed by atoms with E-state index in [-0.39, 0.29) is 12.8 Å². The number of hydrogen-bond acceptors (Lipinski definition) is 3. The molecule has 0 heterocycles. The molecule has 1 unspecified atom stereocenters. The van der Waals surface area contributed by atoms with E-state index in [1.165, 1.54) is 0 Å². The quantitative estimate of drug-likeness (QED) is 0.829. The SMILES string of the molecule is O=S(=O)(CC1CCCC1(F)F)N[C@@H]1CCCC[C@H]1O. The summed E-state index contributed by atoms with van der Waals surface area (Å²) in [6, 6.07) is -0.520. The minimum absolute atomic E-state index is 0.223. The highest BCUT2D eigenvalue weighted by Gasteiger charge is 2.46. The second kappa shape index (κ2) is 5.61. The van der Waals surface area contributed by atoms with Crippen LogP contribution in [-0.4, -0.2) is 37.3 Å². The third-order valence-corrected chi connectivity index (χ3v) is 5.64. The highest BCUT2D eigenvalue weighted by atomic mass is 32.2. The van der Waals surface area contributed by atoms with Crippen LogP contribution < -0.4 is 4.72 Å². The summed E-state index contributed by atoms with van der Waals surface area (Å²) in [7, 11) is -3.76. The van der Waals surface area contributed by atoms with Gasteiger partial charge in [-0.05, 0) is 25.7 Å². The molecule has 0 aromatic rings.